The number of hydrogen-bond acceptors (Lipinski definition) is 5. The number of carbonyl (C=O) groups is 1. The van der Waals surface area contributed by atoms with Gasteiger partial charge in [-0.2, -0.15) is 13.2 Å². The summed E-state index contributed by atoms with van der Waals surface area (Å²) in [5, 5.41) is 32.5. The van der Waals surface area contributed by atoms with Crippen LogP contribution in [0.3, 0.4) is 0 Å². The van der Waals surface area contributed by atoms with Crippen LogP contribution in [-0.4, -0.2) is 40.7 Å². The molecule has 0 fully saturated rings. The van der Waals surface area contributed by atoms with Crippen LogP contribution in [0.5, 0.6) is 5.75 Å². The number of carbonyl (C=O) groups excluding carboxylic acids is 1. The van der Waals surface area contributed by atoms with Crippen molar-refractivity contribution in [1.29, 1.82) is 0 Å². The highest BCUT2D eigenvalue weighted by Crippen LogP contribution is 2.44. The number of alkyl halides is 3. The molecule has 0 saturated heterocycles. The van der Waals surface area contributed by atoms with Crippen LogP contribution in [-0.2, 0) is 10.9 Å². The molecule has 178 valence electrons. The van der Waals surface area contributed by atoms with Crippen molar-refractivity contribution in [3.63, 3.8) is 0 Å². The number of benzene rings is 3. The van der Waals surface area contributed by atoms with Gasteiger partial charge < -0.3 is 25.4 Å². The molecule has 1 aliphatic carbocycles. The molecule has 2 unspecified atom stereocenters. The van der Waals surface area contributed by atoms with Gasteiger partial charge in [0.15, 0.2) is 0 Å². The Morgan fingerprint density at radius 1 is 0.971 bits per heavy atom. The number of aliphatic hydroxyl groups excluding tert-OH is 2. The fourth-order valence-electron chi connectivity index (χ4n) is 4.13. The van der Waals surface area contributed by atoms with Crippen LogP contribution in [0, 0.1) is 0 Å². The molecule has 4 rings (SSSR count). The monoisotopic (exact) mass is 473 g/mol. The number of aliphatic hydroxyl groups is 2. The van der Waals surface area contributed by atoms with Gasteiger partial charge in [-0.05, 0) is 34.4 Å². The lowest BCUT2D eigenvalue weighted by Gasteiger charge is -2.20. The molecule has 1 amide bonds. The summed E-state index contributed by atoms with van der Waals surface area (Å²) in [6.45, 7) is -0.392. The van der Waals surface area contributed by atoms with Crippen molar-refractivity contribution in [3.05, 3.63) is 89.0 Å². The quantitative estimate of drug-likeness (QED) is 0.427. The molecule has 6 nitrogen and oxygen atoms in total. The second kappa shape index (κ2) is 9.36. The molecule has 2 atom stereocenters. The largest absolute Gasteiger partial charge is 0.508 e. The van der Waals surface area contributed by atoms with Crippen LogP contribution in [0.25, 0.3) is 11.1 Å². The van der Waals surface area contributed by atoms with Gasteiger partial charge >= 0.3 is 12.3 Å². The van der Waals surface area contributed by atoms with E-state index in [0.29, 0.717) is 12.1 Å². The van der Waals surface area contributed by atoms with Crippen LogP contribution < -0.4 is 5.32 Å². The highest BCUT2D eigenvalue weighted by atomic mass is 19.4. The highest BCUT2D eigenvalue weighted by Gasteiger charge is 2.33. The summed E-state index contributed by atoms with van der Waals surface area (Å²) in [4.78, 5) is 12.2. The molecule has 0 aliphatic heterocycles. The minimum Gasteiger partial charge on any atom is -0.508 e. The minimum atomic E-state index is -4.66. The predicted octanol–water partition coefficient (Wildman–Crippen LogP) is 4.34. The number of halogens is 3. The Kier molecular flexibility index (Phi) is 6.49. The summed E-state index contributed by atoms with van der Waals surface area (Å²) < 4.78 is 43.5. The molecule has 0 radical (unpaired) electrons. The number of hydrogen-bond donors (Lipinski definition) is 4. The van der Waals surface area contributed by atoms with Crippen molar-refractivity contribution in [1.82, 2.24) is 5.32 Å². The zero-order valence-electron chi connectivity index (χ0n) is 17.8. The molecule has 0 bridgehead atoms. The third-order valence-corrected chi connectivity index (χ3v) is 5.84. The Hall–Kier alpha value is -3.56. The molecule has 34 heavy (non-hydrogen) atoms. The van der Waals surface area contributed by atoms with Gasteiger partial charge in [0, 0.05) is 18.0 Å². The Balaban J connectivity index is 1.34. The molecular formula is C25H22F3NO5. The summed E-state index contributed by atoms with van der Waals surface area (Å²) in [6.07, 6.45) is -8.81. The van der Waals surface area contributed by atoms with E-state index >= 15 is 0 Å². The first-order valence-corrected chi connectivity index (χ1v) is 10.5. The van der Waals surface area contributed by atoms with E-state index < -0.39 is 42.3 Å². The van der Waals surface area contributed by atoms with Gasteiger partial charge in [-0.15, -0.1) is 0 Å². The first-order valence-electron chi connectivity index (χ1n) is 10.5. The molecule has 9 heteroatoms. The van der Waals surface area contributed by atoms with Crippen LogP contribution in [0.2, 0.25) is 0 Å². The minimum absolute atomic E-state index is 0.0538. The zero-order valence-corrected chi connectivity index (χ0v) is 17.8. The van der Waals surface area contributed by atoms with Crippen LogP contribution >= 0.6 is 0 Å². The van der Waals surface area contributed by atoms with Crippen molar-refractivity contribution in [2.45, 2.75) is 24.3 Å². The van der Waals surface area contributed by atoms with E-state index in [4.69, 9.17) is 4.74 Å². The van der Waals surface area contributed by atoms with Crippen LogP contribution in [0.15, 0.2) is 66.7 Å². The van der Waals surface area contributed by atoms with Gasteiger partial charge in [-0.1, -0.05) is 54.6 Å². The van der Waals surface area contributed by atoms with E-state index in [2.05, 4.69) is 5.32 Å². The topological polar surface area (TPSA) is 99.0 Å². The van der Waals surface area contributed by atoms with Gasteiger partial charge in [-0.3, -0.25) is 0 Å². The molecule has 0 aromatic heterocycles. The molecule has 3 aromatic carbocycles. The first-order chi connectivity index (χ1) is 16.2. The number of fused-ring (bicyclic) bond motifs is 3. The van der Waals surface area contributed by atoms with E-state index in [1.54, 1.807) is 0 Å². The Labute approximate surface area is 193 Å². The van der Waals surface area contributed by atoms with E-state index in [0.717, 1.165) is 28.3 Å². The third kappa shape index (κ3) is 4.71. The second-order valence-electron chi connectivity index (χ2n) is 7.99. The van der Waals surface area contributed by atoms with Gasteiger partial charge in [0.25, 0.3) is 0 Å². The fourth-order valence-corrected chi connectivity index (χ4v) is 4.13. The summed E-state index contributed by atoms with van der Waals surface area (Å²) in [5.74, 6) is -0.972. The maximum atomic E-state index is 12.7. The Bertz CT molecular complexity index is 1150. The van der Waals surface area contributed by atoms with Crippen molar-refractivity contribution < 1.29 is 38.0 Å². The predicted molar refractivity (Wildman–Crippen MR) is 117 cm³/mol. The number of alkyl carbamates (subject to hydrolysis) is 1. The van der Waals surface area contributed by atoms with E-state index in [1.165, 1.54) is 0 Å². The maximum absolute atomic E-state index is 12.7. The summed E-state index contributed by atoms with van der Waals surface area (Å²) in [7, 11) is 0. The normalized spacial score (nSPS) is 14.7. The number of amides is 1. The summed E-state index contributed by atoms with van der Waals surface area (Å²) in [6, 6.07) is 17.7. The lowest BCUT2D eigenvalue weighted by atomic mass is 9.98. The first kappa shape index (κ1) is 23.6. The highest BCUT2D eigenvalue weighted by molar-refractivity contribution is 5.79. The van der Waals surface area contributed by atoms with E-state index in [-0.39, 0.29) is 18.1 Å². The van der Waals surface area contributed by atoms with Crippen molar-refractivity contribution in [2.24, 2.45) is 0 Å². The lowest BCUT2D eigenvalue weighted by Crippen LogP contribution is -2.36. The number of rotatable bonds is 6. The van der Waals surface area contributed by atoms with E-state index in [9.17, 15) is 33.3 Å². The van der Waals surface area contributed by atoms with Gasteiger partial charge in [-0.25, -0.2) is 4.79 Å². The summed E-state index contributed by atoms with van der Waals surface area (Å²) in [5.41, 5.74) is 2.82. The molecule has 3 aromatic rings. The Morgan fingerprint density at radius 2 is 1.56 bits per heavy atom. The molecule has 0 heterocycles. The fraction of sp³-hybridized carbons (Fsp3) is 0.240. The average Bonchev–Trinajstić information content (AvgIpc) is 3.14. The molecular weight excluding hydrogens is 451 g/mol. The smallest absolute Gasteiger partial charge is 0.416 e. The van der Waals surface area contributed by atoms with Crippen molar-refractivity contribution >= 4 is 6.09 Å². The third-order valence-electron chi connectivity index (χ3n) is 5.84. The van der Waals surface area contributed by atoms with Crippen molar-refractivity contribution in [2.75, 3.05) is 13.2 Å². The van der Waals surface area contributed by atoms with Gasteiger partial charge in [0.2, 0.25) is 0 Å². The molecule has 4 N–H and O–H groups in total. The molecule has 1 aliphatic rings. The van der Waals surface area contributed by atoms with Gasteiger partial charge in [0.05, 0.1) is 5.56 Å². The maximum Gasteiger partial charge on any atom is 0.416 e. The average molecular weight is 473 g/mol. The van der Waals surface area contributed by atoms with Gasteiger partial charge in [0.1, 0.15) is 24.6 Å². The van der Waals surface area contributed by atoms with Crippen LogP contribution in [0.4, 0.5) is 18.0 Å². The number of phenols is 1. The standard InChI is InChI=1S/C25H22F3NO5/c26-25(27,28)14-9-10-19(21(30)11-14)23(32)22(31)12-29-24(33)34-13-20-17-7-3-1-5-15(17)16-6-2-4-8-18(16)20/h1-11,20,22-23,30-32H,12-13H2,(H,29,33). The number of aromatic hydroxyl groups is 1. The zero-order chi connectivity index (χ0) is 24.5. The number of ether oxygens (including phenoxy) is 1. The lowest BCUT2D eigenvalue weighted by molar-refractivity contribution is -0.137. The molecule has 0 saturated carbocycles. The van der Waals surface area contributed by atoms with Crippen LogP contribution in [0.1, 0.15) is 34.3 Å². The summed E-state index contributed by atoms with van der Waals surface area (Å²) >= 11 is 0. The number of phenolic OH excluding ortho intramolecular Hbond substituents is 1. The van der Waals surface area contributed by atoms with Crippen molar-refractivity contribution in [3.8, 4) is 16.9 Å². The van der Waals surface area contributed by atoms with E-state index in [1.807, 2.05) is 48.5 Å². The second-order valence-corrected chi connectivity index (χ2v) is 7.99. The Morgan fingerprint density at radius 3 is 2.12 bits per heavy atom. The SMILES string of the molecule is O=C(NCC(O)C(O)c1ccc(C(F)(F)F)cc1O)OCC1c2ccccc2-c2ccccc21. The molecule has 0 spiro atoms. The number of nitrogens with one attached hydrogen (secondary N) is 1.